The lowest BCUT2D eigenvalue weighted by atomic mass is 10.2. The second kappa shape index (κ2) is 4.50. The highest BCUT2D eigenvalue weighted by atomic mass is 16.5. The van der Waals surface area contributed by atoms with Crippen LogP contribution in [0.25, 0.3) is 6.08 Å². The first kappa shape index (κ1) is 9.58. The molecule has 0 saturated carbocycles. The fraction of sp³-hybridized carbons (Fsp3) is 0.300. The Bertz CT molecular complexity index is 308. The molecule has 0 amide bonds. The highest BCUT2D eigenvalue weighted by Crippen LogP contribution is 2.20. The number of methoxy groups -OCH3 is 2. The maximum absolute atomic E-state index is 5.10. The fourth-order valence-electron chi connectivity index (χ4n) is 1.02. The summed E-state index contributed by atoms with van der Waals surface area (Å²) in [5, 5.41) is 0. The largest absolute Gasteiger partial charge is 0.481 e. The van der Waals surface area contributed by atoms with Crippen molar-refractivity contribution in [3.63, 3.8) is 0 Å². The van der Waals surface area contributed by atoms with E-state index >= 15 is 0 Å². The van der Waals surface area contributed by atoms with E-state index in [1.54, 1.807) is 20.3 Å². The molecule has 0 aliphatic rings. The molecule has 0 aliphatic heterocycles. The van der Waals surface area contributed by atoms with E-state index in [0.717, 1.165) is 5.56 Å². The van der Waals surface area contributed by atoms with Crippen LogP contribution in [0.3, 0.4) is 0 Å². The van der Waals surface area contributed by atoms with E-state index in [0.29, 0.717) is 11.8 Å². The minimum atomic E-state index is 0.560. The smallest absolute Gasteiger partial charge is 0.223 e. The second-order valence-corrected chi connectivity index (χ2v) is 2.45. The van der Waals surface area contributed by atoms with E-state index in [9.17, 15) is 0 Å². The Morgan fingerprint density at radius 2 is 2.00 bits per heavy atom. The molecular formula is C10H13NO2. The van der Waals surface area contributed by atoms with Crippen LogP contribution in [0.4, 0.5) is 0 Å². The minimum absolute atomic E-state index is 0.560. The van der Waals surface area contributed by atoms with E-state index in [4.69, 9.17) is 9.47 Å². The summed E-state index contributed by atoms with van der Waals surface area (Å²) in [6, 6.07) is 3.71. The first-order valence-corrected chi connectivity index (χ1v) is 4.03. The van der Waals surface area contributed by atoms with Crippen molar-refractivity contribution in [1.82, 2.24) is 4.98 Å². The van der Waals surface area contributed by atoms with Gasteiger partial charge in [-0.05, 0) is 13.0 Å². The summed E-state index contributed by atoms with van der Waals surface area (Å²) in [4.78, 5) is 4.13. The highest BCUT2D eigenvalue weighted by molar-refractivity contribution is 5.55. The summed E-state index contributed by atoms with van der Waals surface area (Å²) in [6.45, 7) is 1.95. The van der Waals surface area contributed by atoms with E-state index in [1.807, 2.05) is 25.1 Å². The van der Waals surface area contributed by atoms with Gasteiger partial charge in [-0.15, -0.1) is 0 Å². The zero-order valence-corrected chi connectivity index (χ0v) is 8.07. The number of hydrogen-bond acceptors (Lipinski definition) is 3. The molecule has 1 rings (SSSR count). The van der Waals surface area contributed by atoms with Crippen molar-refractivity contribution in [2.75, 3.05) is 14.2 Å². The van der Waals surface area contributed by atoms with Gasteiger partial charge in [0.1, 0.15) is 0 Å². The van der Waals surface area contributed by atoms with Crippen molar-refractivity contribution in [1.29, 1.82) is 0 Å². The third-order valence-corrected chi connectivity index (χ3v) is 1.61. The normalized spacial score (nSPS) is 10.4. The Balaban J connectivity index is 3.07. The van der Waals surface area contributed by atoms with Gasteiger partial charge in [-0.2, -0.15) is 4.98 Å². The lowest BCUT2D eigenvalue weighted by molar-refractivity contribution is 0.364. The average Bonchev–Trinajstić information content (AvgIpc) is 2.19. The molecule has 0 bridgehead atoms. The van der Waals surface area contributed by atoms with Crippen LogP contribution < -0.4 is 9.47 Å². The zero-order chi connectivity index (χ0) is 9.68. The van der Waals surface area contributed by atoms with Crippen molar-refractivity contribution >= 4 is 6.08 Å². The third-order valence-electron chi connectivity index (χ3n) is 1.61. The molecule has 1 aromatic heterocycles. The Morgan fingerprint density at radius 3 is 2.54 bits per heavy atom. The van der Waals surface area contributed by atoms with Crippen LogP contribution in [0.1, 0.15) is 12.5 Å². The lowest BCUT2D eigenvalue weighted by Crippen LogP contribution is -1.94. The molecule has 0 aliphatic carbocycles. The molecule has 0 saturated heterocycles. The molecule has 0 N–H and O–H groups in total. The number of rotatable bonds is 3. The molecule has 1 heterocycles. The van der Waals surface area contributed by atoms with Crippen LogP contribution in [0.2, 0.25) is 0 Å². The topological polar surface area (TPSA) is 31.4 Å². The number of aromatic nitrogens is 1. The van der Waals surface area contributed by atoms with Crippen molar-refractivity contribution in [2.45, 2.75) is 6.92 Å². The Morgan fingerprint density at radius 1 is 1.23 bits per heavy atom. The molecular weight excluding hydrogens is 166 g/mol. The van der Waals surface area contributed by atoms with E-state index in [-0.39, 0.29) is 0 Å². The Labute approximate surface area is 78.0 Å². The predicted molar refractivity (Wildman–Crippen MR) is 52.0 cm³/mol. The second-order valence-electron chi connectivity index (χ2n) is 2.45. The lowest BCUT2D eigenvalue weighted by Gasteiger charge is -2.05. The van der Waals surface area contributed by atoms with E-state index in [1.165, 1.54) is 0 Å². The van der Waals surface area contributed by atoms with Crippen LogP contribution >= 0.6 is 0 Å². The molecule has 0 fully saturated rings. The molecule has 0 aromatic carbocycles. The van der Waals surface area contributed by atoms with Crippen molar-refractivity contribution in [3.8, 4) is 11.8 Å². The molecule has 13 heavy (non-hydrogen) atoms. The maximum atomic E-state index is 5.10. The Kier molecular flexibility index (Phi) is 3.31. The summed E-state index contributed by atoms with van der Waals surface area (Å²) in [5.74, 6) is 1.14. The zero-order valence-electron chi connectivity index (χ0n) is 8.07. The number of ether oxygens (including phenoxy) is 2. The van der Waals surface area contributed by atoms with Gasteiger partial charge in [0.2, 0.25) is 11.8 Å². The fourth-order valence-corrected chi connectivity index (χ4v) is 1.02. The van der Waals surface area contributed by atoms with E-state index < -0.39 is 0 Å². The number of hydrogen-bond donors (Lipinski definition) is 0. The molecule has 1 aromatic rings. The molecule has 0 radical (unpaired) electrons. The van der Waals surface area contributed by atoms with Gasteiger partial charge in [-0.1, -0.05) is 12.2 Å². The van der Waals surface area contributed by atoms with Crippen LogP contribution in [0.15, 0.2) is 18.2 Å². The van der Waals surface area contributed by atoms with Gasteiger partial charge in [0.25, 0.3) is 0 Å². The predicted octanol–water partition coefficient (Wildman–Crippen LogP) is 2.13. The highest BCUT2D eigenvalue weighted by Gasteiger charge is 2.02. The molecule has 0 unspecified atom stereocenters. The quantitative estimate of drug-likeness (QED) is 0.712. The van der Waals surface area contributed by atoms with Gasteiger partial charge in [0.15, 0.2) is 0 Å². The third kappa shape index (κ3) is 2.21. The van der Waals surface area contributed by atoms with Crippen LogP contribution in [-0.2, 0) is 0 Å². The number of allylic oxidation sites excluding steroid dienone is 1. The van der Waals surface area contributed by atoms with Gasteiger partial charge in [-0.3, -0.25) is 0 Å². The summed E-state index contributed by atoms with van der Waals surface area (Å²) in [7, 11) is 3.17. The van der Waals surface area contributed by atoms with Crippen molar-refractivity contribution in [3.05, 3.63) is 23.8 Å². The van der Waals surface area contributed by atoms with Gasteiger partial charge in [-0.25, -0.2) is 0 Å². The number of nitrogens with zero attached hydrogens (tertiary/aromatic N) is 1. The summed E-state index contributed by atoms with van der Waals surface area (Å²) >= 11 is 0. The van der Waals surface area contributed by atoms with Crippen molar-refractivity contribution < 1.29 is 9.47 Å². The Hall–Kier alpha value is -1.51. The first-order chi connectivity index (χ1) is 6.31. The summed E-state index contributed by atoms with van der Waals surface area (Å²) in [5.41, 5.74) is 0.950. The standard InChI is InChI=1S/C10H13NO2/c1-4-5-8-6-7-9(12-2)11-10(8)13-3/h4-7H,1-3H3. The summed E-state index contributed by atoms with van der Waals surface area (Å²) < 4.78 is 10.1. The minimum Gasteiger partial charge on any atom is -0.481 e. The van der Waals surface area contributed by atoms with Gasteiger partial charge >= 0.3 is 0 Å². The van der Waals surface area contributed by atoms with Crippen LogP contribution in [0.5, 0.6) is 11.8 Å². The van der Waals surface area contributed by atoms with E-state index in [2.05, 4.69) is 4.98 Å². The van der Waals surface area contributed by atoms with Crippen LogP contribution in [0, 0.1) is 0 Å². The van der Waals surface area contributed by atoms with Gasteiger partial charge in [0.05, 0.1) is 14.2 Å². The maximum Gasteiger partial charge on any atom is 0.223 e. The van der Waals surface area contributed by atoms with Gasteiger partial charge < -0.3 is 9.47 Å². The SMILES string of the molecule is CC=Cc1ccc(OC)nc1OC. The molecule has 0 spiro atoms. The monoisotopic (exact) mass is 179 g/mol. The molecule has 3 nitrogen and oxygen atoms in total. The molecule has 0 atom stereocenters. The summed E-state index contributed by atoms with van der Waals surface area (Å²) in [6.07, 6.45) is 3.87. The van der Waals surface area contributed by atoms with Crippen LogP contribution in [-0.4, -0.2) is 19.2 Å². The van der Waals surface area contributed by atoms with Crippen molar-refractivity contribution in [2.24, 2.45) is 0 Å². The molecule has 70 valence electrons. The first-order valence-electron chi connectivity index (χ1n) is 4.03. The van der Waals surface area contributed by atoms with Gasteiger partial charge in [0, 0.05) is 11.6 Å². The molecule has 3 heteroatoms. The number of pyridine rings is 1. The average molecular weight is 179 g/mol.